The summed E-state index contributed by atoms with van der Waals surface area (Å²) in [6.07, 6.45) is 0. The molecule has 3 aromatic rings. The number of rotatable bonds is 2. The third-order valence-electron chi connectivity index (χ3n) is 3.18. The van der Waals surface area contributed by atoms with E-state index in [1.807, 2.05) is 42.5 Å². The van der Waals surface area contributed by atoms with Crippen molar-refractivity contribution in [2.45, 2.75) is 13.2 Å². The van der Waals surface area contributed by atoms with Gasteiger partial charge in [0.2, 0.25) is 0 Å². The SMILES string of the molecule is OCc1cccc2cc3cccc(CO)c3nc12. The number of aliphatic hydroxyl groups excluding tert-OH is 2. The molecule has 0 aliphatic carbocycles. The molecule has 0 aliphatic rings. The van der Waals surface area contributed by atoms with Crippen LogP contribution >= 0.6 is 0 Å². The Morgan fingerprint density at radius 1 is 0.778 bits per heavy atom. The maximum absolute atomic E-state index is 9.34. The third-order valence-corrected chi connectivity index (χ3v) is 3.18. The zero-order chi connectivity index (χ0) is 12.5. The van der Waals surface area contributed by atoms with Gasteiger partial charge >= 0.3 is 0 Å². The van der Waals surface area contributed by atoms with Gasteiger partial charge in [-0.3, -0.25) is 0 Å². The van der Waals surface area contributed by atoms with Crippen LogP contribution in [0.3, 0.4) is 0 Å². The average molecular weight is 239 g/mol. The summed E-state index contributed by atoms with van der Waals surface area (Å²) in [6, 6.07) is 13.6. The summed E-state index contributed by atoms with van der Waals surface area (Å²) < 4.78 is 0. The molecule has 2 aromatic carbocycles. The van der Waals surface area contributed by atoms with Crippen LogP contribution in [-0.2, 0) is 13.2 Å². The zero-order valence-corrected chi connectivity index (χ0v) is 9.80. The number of pyridine rings is 1. The molecule has 0 unspecified atom stereocenters. The molecule has 0 spiro atoms. The van der Waals surface area contributed by atoms with Crippen molar-refractivity contribution in [1.82, 2.24) is 4.98 Å². The Kier molecular flexibility index (Phi) is 2.70. The summed E-state index contributed by atoms with van der Waals surface area (Å²) >= 11 is 0. The van der Waals surface area contributed by atoms with Gasteiger partial charge < -0.3 is 10.2 Å². The minimum absolute atomic E-state index is 0.0306. The van der Waals surface area contributed by atoms with Crippen LogP contribution in [-0.4, -0.2) is 15.2 Å². The molecule has 0 radical (unpaired) electrons. The lowest BCUT2D eigenvalue weighted by Crippen LogP contribution is -1.93. The molecule has 90 valence electrons. The molecule has 2 N–H and O–H groups in total. The molecule has 18 heavy (non-hydrogen) atoms. The molecule has 0 atom stereocenters. The van der Waals surface area contributed by atoms with E-state index < -0.39 is 0 Å². The molecule has 1 heterocycles. The summed E-state index contributed by atoms with van der Waals surface area (Å²) in [4.78, 5) is 4.60. The highest BCUT2D eigenvalue weighted by Gasteiger charge is 2.06. The van der Waals surface area contributed by atoms with Crippen molar-refractivity contribution >= 4 is 21.8 Å². The second-order valence-electron chi connectivity index (χ2n) is 4.28. The Morgan fingerprint density at radius 3 is 1.72 bits per heavy atom. The van der Waals surface area contributed by atoms with E-state index in [-0.39, 0.29) is 13.2 Å². The van der Waals surface area contributed by atoms with E-state index >= 15 is 0 Å². The van der Waals surface area contributed by atoms with E-state index in [4.69, 9.17) is 0 Å². The van der Waals surface area contributed by atoms with E-state index in [9.17, 15) is 10.2 Å². The molecule has 0 saturated heterocycles. The number of hydrogen-bond donors (Lipinski definition) is 2. The Morgan fingerprint density at radius 2 is 1.28 bits per heavy atom. The van der Waals surface area contributed by atoms with Crippen molar-refractivity contribution in [3.05, 3.63) is 53.6 Å². The maximum atomic E-state index is 9.34. The van der Waals surface area contributed by atoms with Crippen LogP contribution in [0.5, 0.6) is 0 Å². The number of benzene rings is 2. The largest absolute Gasteiger partial charge is 0.392 e. The lowest BCUT2D eigenvalue weighted by atomic mass is 10.1. The van der Waals surface area contributed by atoms with Crippen molar-refractivity contribution in [1.29, 1.82) is 0 Å². The van der Waals surface area contributed by atoms with Gasteiger partial charge in [0.25, 0.3) is 0 Å². The highest BCUT2D eigenvalue weighted by atomic mass is 16.3. The fourth-order valence-corrected chi connectivity index (χ4v) is 2.26. The number of fused-ring (bicyclic) bond motifs is 2. The normalized spacial score (nSPS) is 11.2. The lowest BCUT2D eigenvalue weighted by molar-refractivity contribution is 0.283. The van der Waals surface area contributed by atoms with Crippen LogP contribution in [0.15, 0.2) is 42.5 Å². The molecular weight excluding hydrogens is 226 g/mol. The first-order valence-electron chi connectivity index (χ1n) is 5.85. The van der Waals surface area contributed by atoms with Crippen LogP contribution in [0.4, 0.5) is 0 Å². The predicted octanol–water partition coefficient (Wildman–Crippen LogP) is 2.37. The van der Waals surface area contributed by atoms with E-state index in [1.54, 1.807) is 0 Å². The van der Waals surface area contributed by atoms with E-state index in [0.29, 0.717) is 0 Å². The van der Waals surface area contributed by atoms with Crippen LogP contribution in [0.2, 0.25) is 0 Å². The average Bonchev–Trinajstić information content (AvgIpc) is 2.43. The van der Waals surface area contributed by atoms with Gasteiger partial charge in [0.1, 0.15) is 0 Å². The molecule has 0 fully saturated rings. The summed E-state index contributed by atoms with van der Waals surface area (Å²) in [7, 11) is 0. The van der Waals surface area contributed by atoms with Crippen molar-refractivity contribution in [3.8, 4) is 0 Å². The smallest absolute Gasteiger partial charge is 0.0764 e. The third kappa shape index (κ3) is 1.65. The standard InChI is InChI=1S/C15H13NO2/c17-8-12-5-1-3-10-7-11-4-2-6-13(9-18)15(11)16-14(10)12/h1-7,17-18H,8-9H2. The lowest BCUT2D eigenvalue weighted by Gasteiger charge is -2.07. The summed E-state index contributed by atoms with van der Waals surface area (Å²) in [5.41, 5.74) is 3.21. The fraction of sp³-hybridized carbons (Fsp3) is 0.133. The van der Waals surface area contributed by atoms with Crippen molar-refractivity contribution in [2.24, 2.45) is 0 Å². The number of nitrogens with zero attached hydrogens (tertiary/aromatic N) is 1. The van der Waals surface area contributed by atoms with Gasteiger partial charge in [0, 0.05) is 21.9 Å². The number of para-hydroxylation sites is 2. The topological polar surface area (TPSA) is 53.4 Å². The first-order chi connectivity index (χ1) is 8.83. The minimum atomic E-state index is -0.0306. The molecule has 3 rings (SSSR count). The van der Waals surface area contributed by atoms with E-state index in [1.165, 1.54) is 0 Å². The fourth-order valence-electron chi connectivity index (χ4n) is 2.26. The van der Waals surface area contributed by atoms with Gasteiger partial charge in [-0.1, -0.05) is 36.4 Å². The predicted molar refractivity (Wildman–Crippen MR) is 71.1 cm³/mol. The number of hydrogen-bond acceptors (Lipinski definition) is 3. The van der Waals surface area contributed by atoms with Gasteiger partial charge in [-0.2, -0.15) is 0 Å². The first kappa shape index (κ1) is 11.1. The zero-order valence-electron chi connectivity index (χ0n) is 9.80. The maximum Gasteiger partial charge on any atom is 0.0764 e. The monoisotopic (exact) mass is 239 g/mol. The Labute approximate surface area is 104 Å². The van der Waals surface area contributed by atoms with Crippen molar-refractivity contribution in [3.63, 3.8) is 0 Å². The Balaban J connectivity index is 2.44. The molecular formula is C15H13NO2. The second-order valence-corrected chi connectivity index (χ2v) is 4.28. The quantitative estimate of drug-likeness (QED) is 0.675. The molecule has 0 aliphatic heterocycles. The van der Waals surface area contributed by atoms with Gasteiger partial charge in [0.15, 0.2) is 0 Å². The van der Waals surface area contributed by atoms with E-state index in [2.05, 4.69) is 4.98 Å². The first-order valence-corrected chi connectivity index (χ1v) is 5.85. The van der Waals surface area contributed by atoms with Gasteiger partial charge in [-0.15, -0.1) is 0 Å². The Bertz CT molecular complexity index is 663. The van der Waals surface area contributed by atoms with Gasteiger partial charge in [0.05, 0.1) is 24.2 Å². The minimum Gasteiger partial charge on any atom is -0.392 e. The molecule has 0 amide bonds. The summed E-state index contributed by atoms with van der Waals surface area (Å²) in [6.45, 7) is -0.0612. The molecule has 3 heteroatoms. The molecule has 3 nitrogen and oxygen atoms in total. The van der Waals surface area contributed by atoms with Crippen molar-refractivity contribution < 1.29 is 10.2 Å². The van der Waals surface area contributed by atoms with Gasteiger partial charge in [-0.25, -0.2) is 4.98 Å². The molecule has 0 saturated carbocycles. The highest BCUT2D eigenvalue weighted by Crippen LogP contribution is 2.24. The van der Waals surface area contributed by atoms with Crippen LogP contribution < -0.4 is 0 Å². The second kappa shape index (κ2) is 4.37. The highest BCUT2D eigenvalue weighted by molar-refractivity contribution is 5.95. The van der Waals surface area contributed by atoms with Crippen LogP contribution in [0.25, 0.3) is 21.8 Å². The number of aromatic nitrogens is 1. The molecule has 0 bridgehead atoms. The van der Waals surface area contributed by atoms with Crippen LogP contribution in [0.1, 0.15) is 11.1 Å². The summed E-state index contributed by atoms with van der Waals surface area (Å²) in [5.74, 6) is 0. The molecule has 1 aromatic heterocycles. The van der Waals surface area contributed by atoms with Crippen molar-refractivity contribution in [2.75, 3.05) is 0 Å². The number of aliphatic hydroxyl groups is 2. The Hall–Kier alpha value is -1.97. The van der Waals surface area contributed by atoms with E-state index in [0.717, 1.165) is 32.9 Å². The summed E-state index contributed by atoms with van der Waals surface area (Å²) in [5, 5.41) is 20.7. The van der Waals surface area contributed by atoms with Crippen LogP contribution in [0, 0.1) is 0 Å². The van der Waals surface area contributed by atoms with Gasteiger partial charge in [-0.05, 0) is 6.07 Å².